The van der Waals surface area contributed by atoms with E-state index in [1.807, 2.05) is 12.2 Å². The van der Waals surface area contributed by atoms with Gasteiger partial charge in [-0.15, -0.1) is 0 Å². The van der Waals surface area contributed by atoms with Crippen LogP contribution in [0.2, 0.25) is 5.02 Å². The van der Waals surface area contributed by atoms with Crippen molar-refractivity contribution in [2.75, 3.05) is 6.54 Å². The van der Waals surface area contributed by atoms with Gasteiger partial charge in [-0.2, -0.15) is 0 Å². The van der Waals surface area contributed by atoms with Gasteiger partial charge in [-0.25, -0.2) is 4.79 Å². The van der Waals surface area contributed by atoms with Crippen molar-refractivity contribution < 1.29 is 19.1 Å². The third-order valence-corrected chi connectivity index (χ3v) is 5.82. The minimum atomic E-state index is -0.653. The quantitative estimate of drug-likeness (QED) is 0.333. The van der Waals surface area contributed by atoms with Crippen molar-refractivity contribution in [2.45, 2.75) is 6.42 Å². The van der Waals surface area contributed by atoms with E-state index in [2.05, 4.69) is 15.9 Å². The molecular weight excluding hydrogens is 398 g/mol. The van der Waals surface area contributed by atoms with Crippen molar-refractivity contribution >= 4 is 45.3 Å². The summed E-state index contributed by atoms with van der Waals surface area (Å²) in [5.41, 5.74) is 0. The maximum absolute atomic E-state index is 12.5. The summed E-state index contributed by atoms with van der Waals surface area (Å²) < 4.78 is 5.77. The fraction of sp³-hybridized carbons (Fsp3) is 0.353. The van der Waals surface area contributed by atoms with Crippen LogP contribution in [0, 0.1) is 23.7 Å². The number of benzene rings is 1. The number of fused-ring (bicyclic) bond motifs is 5. The molecular formula is C17H13BrClNO4. The second kappa shape index (κ2) is 5.70. The smallest absolute Gasteiger partial charge is 0.331 e. The molecule has 2 aliphatic carbocycles. The molecule has 3 aliphatic rings. The van der Waals surface area contributed by atoms with Crippen LogP contribution in [0.25, 0.3) is 0 Å². The van der Waals surface area contributed by atoms with Crippen LogP contribution < -0.4 is 4.74 Å². The van der Waals surface area contributed by atoms with E-state index in [0.717, 1.165) is 11.3 Å². The number of halogens is 2. The highest BCUT2D eigenvalue weighted by Crippen LogP contribution is 2.52. The first-order valence-electron chi connectivity index (χ1n) is 7.65. The van der Waals surface area contributed by atoms with Crippen molar-refractivity contribution in [1.29, 1.82) is 0 Å². The van der Waals surface area contributed by atoms with Gasteiger partial charge >= 0.3 is 5.97 Å². The van der Waals surface area contributed by atoms with Gasteiger partial charge in [-0.05, 0) is 52.4 Å². The largest absolute Gasteiger partial charge is 0.424 e. The fourth-order valence-electron chi connectivity index (χ4n) is 3.96. The number of ether oxygens (including phenoxy) is 1. The normalized spacial score (nSPS) is 30.2. The third-order valence-electron chi connectivity index (χ3n) is 4.97. The zero-order valence-corrected chi connectivity index (χ0v) is 14.8. The molecule has 5 nitrogen and oxygen atoms in total. The summed E-state index contributed by atoms with van der Waals surface area (Å²) in [4.78, 5) is 38.3. The Morgan fingerprint density at radius 3 is 2.42 bits per heavy atom. The molecule has 124 valence electrons. The van der Waals surface area contributed by atoms with Crippen LogP contribution in [0.5, 0.6) is 5.75 Å². The van der Waals surface area contributed by atoms with Crippen LogP contribution in [-0.4, -0.2) is 29.2 Å². The Labute approximate surface area is 151 Å². The van der Waals surface area contributed by atoms with Crippen molar-refractivity contribution in [3.8, 4) is 5.75 Å². The number of rotatable bonds is 3. The van der Waals surface area contributed by atoms with Gasteiger partial charge in [0, 0.05) is 5.02 Å². The monoisotopic (exact) mass is 409 g/mol. The van der Waals surface area contributed by atoms with Crippen molar-refractivity contribution in [3.63, 3.8) is 0 Å². The van der Waals surface area contributed by atoms with E-state index in [1.54, 1.807) is 18.2 Å². The number of hydrogen-bond acceptors (Lipinski definition) is 4. The van der Waals surface area contributed by atoms with Gasteiger partial charge in [0.25, 0.3) is 0 Å². The van der Waals surface area contributed by atoms with Crippen LogP contribution in [0.4, 0.5) is 0 Å². The zero-order chi connectivity index (χ0) is 17.0. The number of imide groups is 1. The molecule has 24 heavy (non-hydrogen) atoms. The molecule has 2 fully saturated rings. The predicted octanol–water partition coefficient (Wildman–Crippen LogP) is 2.82. The van der Waals surface area contributed by atoms with Crippen LogP contribution in [0.3, 0.4) is 0 Å². The molecule has 1 saturated heterocycles. The van der Waals surface area contributed by atoms with Gasteiger partial charge < -0.3 is 4.74 Å². The number of carbonyl (C=O) groups excluding carboxylic acids is 3. The van der Waals surface area contributed by atoms with Crippen LogP contribution >= 0.6 is 27.5 Å². The predicted molar refractivity (Wildman–Crippen MR) is 89.2 cm³/mol. The molecule has 4 unspecified atom stereocenters. The van der Waals surface area contributed by atoms with Crippen LogP contribution in [0.1, 0.15) is 6.42 Å². The Bertz CT molecular complexity index is 763. The van der Waals surface area contributed by atoms with Gasteiger partial charge in [0.1, 0.15) is 12.3 Å². The lowest BCUT2D eigenvalue weighted by Crippen LogP contribution is -2.38. The average Bonchev–Trinajstić information content (AvgIpc) is 3.20. The van der Waals surface area contributed by atoms with E-state index in [-0.39, 0.29) is 42.0 Å². The maximum Gasteiger partial charge on any atom is 0.331 e. The first-order chi connectivity index (χ1) is 11.5. The molecule has 7 heteroatoms. The number of allylic oxidation sites excluding steroid dienone is 2. The van der Waals surface area contributed by atoms with E-state index in [9.17, 15) is 14.4 Å². The highest BCUT2D eigenvalue weighted by atomic mass is 79.9. The summed E-state index contributed by atoms with van der Waals surface area (Å²) in [5, 5.41) is 0.502. The Hall–Kier alpha value is -1.66. The highest BCUT2D eigenvalue weighted by molar-refractivity contribution is 9.10. The number of nitrogens with zero attached hydrogens (tertiary/aromatic N) is 1. The maximum atomic E-state index is 12.5. The summed E-state index contributed by atoms with van der Waals surface area (Å²) in [6.45, 7) is -0.362. The summed E-state index contributed by atoms with van der Waals surface area (Å²) in [6.07, 6.45) is 4.90. The Morgan fingerprint density at radius 2 is 1.83 bits per heavy atom. The standard InChI is InChI=1S/C17H13BrClNO4/c18-11-6-10(19)3-4-12(11)24-13(21)7-20-16(22)14-8-1-2-9(5-8)15(14)17(20)23/h1-4,6,8-9,14-15H,5,7H2. The molecule has 2 bridgehead atoms. The van der Waals surface area contributed by atoms with E-state index < -0.39 is 5.97 Å². The molecule has 1 aromatic carbocycles. The first-order valence-corrected chi connectivity index (χ1v) is 8.82. The molecule has 2 amide bonds. The fourth-order valence-corrected chi connectivity index (χ4v) is 4.73. The average molecular weight is 411 g/mol. The number of carbonyl (C=O) groups is 3. The second-order valence-electron chi connectivity index (χ2n) is 6.31. The first kappa shape index (κ1) is 15.8. The topological polar surface area (TPSA) is 63.7 Å². The van der Waals surface area contributed by atoms with E-state index >= 15 is 0 Å². The number of likely N-dealkylation sites (tertiary alicyclic amines) is 1. The molecule has 4 atom stereocenters. The van der Waals surface area contributed by atoms with Crippen molar-refractivity contribution in [1.82, 2.24) is 4.90 Å². The summed E-state index contributed by atoms with van der Waals surface area (Å²) in [5.74, 6) is -1.22. The summed E-state index contributed by atoms with van der Waals surface area (Å²) in [6, 6.07) is 4.75. The summed E-state index contributed by atoms with van der Waals surface area (Å²) in [7, 11) is 0. The molecule has 1 aromatic rings. The molecule has 0 aromatic heterocycles. The van der Waals surface area contributed by atoms with Crippen molar-refractivity contribution in [3.05, 3.63) is 39.8 Å². The second-order valence-corrected chi connectivity index (χ2v) is 7.60. The molecule has 1 aliphatic heterocycles. The Kier molecular flexibility index (Phi) is 3.77. The van der Waals surface area contributed by atoms with Gasteiger partial charge in [0.15, 0.2) is 0 Å². The number of hydrogen-bond donors (Lipinski definition) is 0. The van der Waals surface area contributed by atoms with Crippen LogP contribution in [0.15, 0.2) is 34.8 Å². The molecule has 0 spiro atoms. The zero-order valence-electron chi connectivity index (χ0n) is 12.4. The molecule has 0 radical (unpaired) electrons. The lowest BCUT2D eigenvalue weighted by molar-refractivity contribution is -0.148. The Balaban J connectivity index is 1.47. The molecule has 0 N–H and O–H groups in total. The third kappa shape index (κ3) is 2.40. The minimum Gasteiger partial charge on any atom is -0.424 e. The molecule has 4 rings (SSSR count). The van der Waals surface area contributed by atoms with E-state index in [1.165, 1.54) is 0 Å². The number of amides is 2. The van der Waals surface area contributed by atoms with Gasteiger partial charge in [-0.1, -0.05) is 23.8 Å². The minimum absolute atomic E-state index is 0.128. The van der Waals surface area contributed by atoms with Crippen molar-refractivity contribution in [2.24, 2.45) is 23.7 Å². The summed E-state index contributed by atoms with van der Waals surface area (Å²) >= 11 is 9.10. The lowest BCUT2D eigenvalue weighted by atomic mass is 9.85. The number of esters is 1. The molecule has 1 saturated carbocycles. The lowest BCUT2D eigenvalue weighted by Gasteiger charge is -2.16. The SMILES string of the molecule is O=C(CN1C(=O)C2C3C=CC(C3)C2C1=O)Oc1ccc(Cl)cc1Br. The van der Waals surface area contributed by atoms with Gasteiger partial charge in [-0.3, -0.25) is 14.5 Å². The van der Waals surface area contributed by atoms with Gasteiger partial charge in [0.2, 0.25) is 11.8 Å². The Morgan fingerprint density at radius 1 is 1.21 bits per heavy atom. The van der Waals surface area contributed by atoms with Gasteiger partial charge in [0.05, 0.1) is 16.3 Å². The van der Waals surface area contributed by atoms with Crippen LogP contribution in [-0.2, 0) is 14.4 Å². The van der Waals surface area contributed by atoms with E-state index in [0.29, 0.717) is 15.2 Å². The molecule has 1 heterocycles. The van der Waals surface area contributed by atoms with E-state index in [4.69, 9.17) is 16.3 Å². The highest BCUT2D eigenvalue weighted by Gasteiger charge is 2.59.